The lowest BCUT2D eigenvalue weighted by molar-refractivity contribution is 0.475. The number of halogens is 1. The Morgan fingerprint density at radius 3 is 2.37 bits per heavy atom. The minimum atomic E-state index is -0.327. The van der Waals surface area contributed by atoms with E-state index in [-0.39, 0.29) is 11.6 Å². The monoisotopic (exact) mass is 253 g/mol. The molecule has 0 unspecified atom stereocenters. The van der Waals surface area contributed by atoms with E-state index in [2.05, 4.69) is 4.98 Å². The van der Waals surface area contributed by atoms with Gasteiger partial charge < -0.3 is 5.11 Å². The number of aromatic hydroxyl groups is 1. The van der Waals surface area contributed by atoms with Crippen LogP contribution in [0.5, 0.6) is 5.75 Å². The van der Waals surface area contributed by atoms with Crippen molar-refractivity contribution in [1.29, 1.82) is 0 Å². The fourth-order valence-corrected chi connectivity index (χ4v) is 2.12. The number of rotatable bonds is 1. The zero-order valence-corrected chi connectivity index (χ0v) is 10.4. The second-order valence-electron chi connectivity index (χ2n) is 4.50. The first-order valence-electron chi connectivity index (χ1n) is 6.00. The summed E-state index contributed by atoms with van der Waals surface area (Å²) in [6.07, 6.45) is 0. The molecule has 3 aromatic rings. The Hall–Kier alpha value is -2.42. The van der Waals surface area contributed by atoms with E-state index in [9.17, 15) is 9.50 Å². The number of hydrogen-bond donors (Lipinski definition) is 1. The minimum Gasteiger partial charge on any atom is -0.508 e. The Morgan fingerprint density at radius 1 is 0.947 bits per heavy atom. The van der Waals surface area contributed by atoms with Crippen LogP contribution in [0.4, 0.5) is 4.39 Å². The second kappa shape index (κ2) is 4.35. The Morgan fingerprint density at radius 2 is 1.63 bits per heavy atom. The van der Waals surface area contributed by atoms with E-state index in [0.29, 0.717) is 11.1 Å². The Bertz CT molecular complexity index is 751. The van der Waals surface area contributed by atoms with Crippen molar-refractivity contribution in [3.8, 4) is 16.9 Å². The van der Waals surface area contributed by atoms with Gasteiger partial charge in [0, 0.05) is 16.6 Å². The number of benzene rings is 2. The van der Waals surface area contributed by atoms with Crippen molar-refractivity contribution in [2.24, 2.45) is 0 Å². The Balaban J connectivity index is 2.24. The molecular weight excluding hydrogens is 241 g/mol. The molecule has 3 rings (SSSR count). The lowest BCUT2D eigenvalue weighted by Crippen LogP contribution is -1.91. The van der Waals surface area contributed by atoms with Crippen molar-refractivity contribution in [2.75, 3.05) is 0 Å². The summed E-state index contributed by atoms with van der Waals surface area (Å²) in [5.41, 5.74) is 2.38. The van der Waals surface area contributed by atoms with Gasteiger partial charge in [0.15, 0.2) is 5.82 Å². The van der Waals surface area contributed by atoms with Crippen LogP contribution in [0.25, 0.3) is 22.0 Å². The highest BCUT2D eigenvalue weighted by Crippen LogP contribution is 2.29. The summed E-state index contributed by atoms with van der Waals surface area (Å²) < 4.78 is 14.5. The summed E-state index contributed by atoms with van der Waals surface area (Å²) in [7, 11) is 0. The van der Waals surface area contributed by atoms with Gasteiger partial charge in [-0.05, 0) is 30.7 Å². The van der Waals surface area contributed by atoms with Gasteiger partial charge in [0.1, 0.15) is 11.3 Å². The fraction of sp³-hybridized carbons (Fsp3) is 0.0625. The predicted molar refractivity (Wildman–Crippen MR) is 73.5 cm³/mol. The van der Waals surface area contributed by atoms with Gasteiger partial charge in [-0.25, -0.2) is 4.39 Å². The zero-order valence-electron chi connectivity index (χ0n) is 10.4. The van der Waals surface area contributed by atoms with Crippen molar-refractivity contribution in [3.63, 3.8) is 0 Å². The zero-order chi connectivity index (χ0) is 13.4. The van der Waals surface area contributed by atoms with E-state index in [1.807, 2.05) is 25.1 Å². The molecule has 1 N–H and O–H groups in total. The van der Waals surface area contributed by atoms with Crippen LogP contribution in [0.1, 0.15) is 5.69 Å². The van der Waals surface area contributed by atoms with Crippen LogP contribution in [-0.4, -0.2) is 10.1 Å². The van der Waals surface area contributed by atoms with Crippen LogP contribution in [0.2, 0.25) is 0 Å². The Kier molecular flexibility index (Phi) is 2.67. The van der Waals surface area contributed by atoms with E-state index in [1.165, 1.54) is 0 Å². The number of aryl methyl sites for hydroxylation is 1. The number of aromatic nitrogens is 1. The van der Waals surface area contributed by atoms with Gasteiger partial charge in [0.25, 0.3) is 0 Å². The van der Waals surface area contributed by atoms with Gasteiger partial charge in [-0.1, -0.05) is 30.3 Å². The van der Waals surface area contributed by atoms with Crippen molar-refractivity contribution < 1.29 is 9.50 Å². The van der Waals surface area contributed by atoms with E-state index in [1.54, 1.807) is 30.3 Å². The molecule has 0 spiro atoms. The number of nitrogens with zero attached hydrogens (tertiary/aromatic N) is 1. The van der Waals surface area contributed by atoms with Gasteiger partial charge in [-0.3, -0.25) is 4.98 Å². The lowest BCUT2D eigenvalue weighted by Gasteiger charge is -2.07. The largest absolute Gasteiger partial charge is 0.508 e. The summed E-state index contributed by atoms with van der Waals surface area (Å²) in [6, 6.07) is 13.8. The van der Waals surface area contributed by atoms with Gasteiger partial charge >= 0.3 is 0 Å². The molecule has 1 aromatic heterocycles. The maximum Gasteiger partial charge on any atom is 0.157 e. The normalized spacial score (nSPS) is 10.8. The average Bonchev–Trinajstić information content (AvgIpc) is 2.41. The number of phenols is 1. The van der Waals surface area contributed by atoms with Crippen molar-refractivity contribution in [3.05, 3.63) is 60.0 Å². The Labute approximate surface area is 110 Å². The third-order valence-corrected chi connectivity index (χ3v) is 3.12. The molecule has 0 saturated carbocycles. The summed E-state index contributed by atoms with van der Waals surface area (Å²) in [5, 5.41) is 10.1. The van der Waals surface area contributed by atoms with Crippen LogP contribution in [0.15, 0.2) is 48.5 Å². The number of fused-ring (bicyclic) bond motifs is 1. The highest BCUT2D eigenvalue weighted by atomic mass is 19.1. The van der Waals surface area contributed by atoms with Crippen LogP contribution in [0.3, 0.4) is 0 Å². The number of phenolic OH excluding ortho intramolecular Hbond substituents is 1. The van der Waals surface area contributed by atoms with E-state index >= 15 is 0 Å². The van der Waals surface area contributed by atoms with Gasteiger partial charge in [0.2, 0.25) is 0 Å². The molecule has 0 aliphatic heterocycles. The first-order valence-corrected chi connectivity index (χ1v) is 6.00. The maximum absolute atomic E-state index is 14.5. The number of pyridine rings is 1. The molecule has 2 nitrogen and oxygen atoms in total. The van der Waals surface area contributed by atoms with Crippen LogP contribution < -0.4 is 0 Å². The van der Waals surface area contributed by atoms with Crippen LogP contribution >= 0.6 is 0 Å². The standard InChI is InChI=1S/C16H12FNO/c1-10-2-3-12-6-9-14(15(17)16(12)18-10)11-4-7-13(19)8-5-11/h2-9,19H,1H3. The quantitative estimate of drug-likeness (QED) is 0.709. The first-order chi connectivity index (χ1) is 9.15. The van der Waals surface area contributed by atoms with Crippen molar-refractivity contribution in [1.82, 2.24) is 4.98 Å². The lowest BCUT2D eigenvalue weighted by atomic mass is 10.0. The summed E-state index contributed by atoms with van der Waals surface area (Å²) >= 11 is 0. The van der Waals surface area contributed by atoms with Gasteiger partial charge in [0.05, 0.1) is 0 Å². The van der Waals surface area contributed by atoms with E-state index in [0.717, 1.165) is 16.6 Å². The predicted octanol–water partition coefficient (Wildman–Crippen LogP) is 4.05. The molecule has 3 heteroatoms. The molecule has 0 aliphatic rings. The molecule has 2 aromatic carbocycles. The fourth-order valence-electron chi connectivity index (χ4n) is 2.12. The molecule has 0 amide bonds. The molecule has 0 bridgehead atoms. The van der Waals surface area contributed by atoms with Crippen LogP contribution in [-0.2, 0) is 0 Å². The first kappa shape index (κ1) is 11.7. The van der Waals surface area contributed by atoms with Crippen molar-refractivity contribution in [2.45, 2.75) is 6.92 Å². The minimum absolute atomic E-state index is 0.166. The summed E-state index contributed by atoms with van der Waals surface area (Å²) in [6.45, 7) is 1.84. The highest BCUT2D eigenvalue weighted by Gasteiger charge is 2.10. The summed E-state index contributed by atoms with van der Waals surface area (Å²) in [5.74, 6) is -0.161. The van der Waals surface area contributed by atoms with Crippen LogP contribution in [0, 0.1) is 12.7 Å². The smallest absolute Gasteiger partial charge is 0.157 e. The molecule has 0 aliphatic carbocycles. The molecule has 0 saturated heterocycles. The topological polar surface area (TPSA) is 33.1 Å². The maximum atomic E-state index is 14.5. The summed E-state index contributed by atoms with van der Waals surface area (Å²) in [4.78, 5) is 4.25. The van der Waals surface area contributed by atoms with Gasteiger partial charge in [-0.2, -0.15) is 0 Å². The molecule has 1 heterocycles. The molecule has 94 valence electrons. The molecule has 0 atom stereocenters. The SMILES string of the molecule is Cc1ccc2ccc(-c3ccc(O)cc3)c(F)c2n1. The molecule has 19 heavy (non-hydrogen) atoms. The average molecular weight is 253 g/mol. The van der Waals surface area contributed by atoms with E-state index in [4.69, 9.17) is 0 Å². The highest BCUT2D eigenvalue weighted by molar-refractivity contribution is 5.85. The molecular formula is C16H12FNO. The van der Waals surface area contributed by atoms with Crippen molar-refractivity contribution >= 4 is 10.9 Å². The van der Waals surface area contributed by atoms with Gasteiger partial charge in [-0.15, -0.1) is 0 Å². The number of hydrogen-bond acceptors (Lipinski definition) is 2. The third-order valence-electron chi connectivity index (χ3n) is 3.12. The third kappa shape index (κ3) is 2.03. The molecule has 0 fully saturated rings. The molecule has 0 radical (unpaired) electrons. The van der Waals surface area contributed by atoms with E-state index < -0.39 is 0 Å². The second-order valence-corrected chi connectivity index (χ2v) is 4.50.